The molecule has 5 heteroatoms. The number of nitrogens with one attached hydrogen (secondary N) is 1. The third-order valence-corrected chi connectivity index (χ3v) is 3.93. The molecular formula is C17H22ClN3O. The van der Waals surface area contributed by atoms with Crippen LogP contribution in [0.25, 0.3) is 10.9 Å². The number of para-hydroxylation sites is 1. The highest BCUT2D eigenvalue weighted by atomic mass is 35.5. The van der Waals surface area contributed by atoms with E-state index in [1.807, 2.05) is 57.0 Å². The molecule has 0 atom stereocenters. The Kier molecular flexibility index (Phi) is 5.37. The lowest BCUT2D eigenvalue weighted by Gasteiger charge is -2.18. The summed E-state index contributed by atoms with van der Waals surface area (Å²) >= 11 is 6.45. The van der Waals surface area contributed by atoms with Crippen LogP contribution in [-0.4, -0.2) is 35.4 Å². The van der Waals surface area contributed by atoms with Crippen molar-refractivity contribution < 1.29 is 4.79 Å². The minimum Gasteiger partial charge on any atom is -0.353 e. The molecule has 0 unspecified atom stereocenters. The highest BCUT2D eigenvalue weighted by Crippen LogP contribution is 2.27. The normalized spacial score (nSPS) is 11.4. The quantitative estimate of drug-likeness (QED) is 0.920. The van der Waals surface area contributed by atoms with Crippen LogP contribution >= 0.6 is 11.6 Å². The number of carbonyl (C=O) groups excluding carboxylic acids is 1. The van der Waals surface area contributed by atoms with E-state index in [0.717, 1.165) is 22.2 Å². The number of aryl methyl sites for hydroxylation is 1. The number of amides is 1. The Morgan fingerprint density at radius 1 is 1.36 bits per heavy atom. The number of rotatable bonds is 5. The predicted octanol–water partition coefficient (Wildman–Crippen LogP) is 3.15. The van der Waals surface area contributed by atoms with Gasteiger partial charge in [0, 0.05) is 18.0 Å². The number of carbonyl (C=O) groups is 1. The van der Waals surface area contributed by atoms with Gasteiger partial charge in [-0.2, -0.15) is 0 Å². The SMILES string of the molecule is Cc1c(Cl)c(CN(C)CC(=O)NC(C)C)nc2ccccc12. The summed E-state index contributed by atoms with van der Waals surface area (Å²) in [5.74, 6) is 0.00568. The summed E-state index contributed by atoms with van der Waals surface area (Å²) in [7, 11) is 1.89. The first kappa shape index (κ1) is 16.7. The van der Waals surface area contributed by atoms with Crippen LogP contribution < -0.4 is 5.32 Å². The maximum atomic E-state index is 11.8. The molecule has 0 radical (unpaired) electrons. The Morgan fingerprint density at radius 2 is 2.05 bits per heavy atom. The molecule has 2 aromatic rings. The first-order chi connectivity index (χ1) is 10.4. The van der Waals surface area contributed by atoms with Gasteiger partial charge in [0.05, 0.1) is 22.8 Å². The molecule has 0 spiro atoms. The van der Waals surface area contributed by atoms with Crippen molar-refractivity contribution in [3.05, 3.63) is 40.5 Å². The van der Waals surface area contributed by atoms with Crippen LogP contribution in [0.1, 0.15) is 25.1 Å². The van der Waals surface area contributed by atoms with Crippen molar-refractivity contribution in [2.45, 2.75) is 33.4 Å². The molecule has 0 saturated carbocycles. The molecule has 4 nitrogen and oxygen atoms in total. The summed E-state index contributed by atoms with van der Waals surface area (Å²) in [6.45, 7) is 6.76. The van der Waals surface area contributed by atoms with Gasteiger partial charge in [0.2, 0.25) is 5.91 Å². The van der Waals surface area contributed by atoms with Crippen molar-refractivity contribution in [2.24, 2.45) is 0 Å². The molecule has 0 saturated heterocycles. The van der Waals surface area contributed by atoms with Crippen molar-refractivity contribution in [1.82, 2.24) is 15.2 Å². The lowest BCUT2D eigenvalue weighted by Crippen LogP contribution is -2.38. The van der Waals surface area contributed by atoms with E-state index in [9.17, 15) is 4.79 Å². The maximum Gasteiger partial charge on any atom is 0.234 e. The number of fused-ring (bicyclic) bond motifs is 1. The van der Waals surface area contributed by atoms with E-state index >= 15 is 0 Å². The molecular weight excluding hydrogens is 298 g/mol. The molecule has 0 aliphatic rings. The Balaban J connectivity index is 2.17. The molecule has 0 aliphatic carbocycles. The van der Waals surface area contributed by atoms with Crippen LogP contribution in [0.2, 0.25) is 5.02 Å². The lowest BCUT2D eigenvalue weighted by atomic mass is 10.1. The number of halogens is 1. The Hall–Kier alpha value is -1.65. The highest BCUT2D eigenvalue weighted by Gasteiger charge is 2.14. The summed E-state index contributed by atoms with van der Waals surface area (Å²) in [5, 5.41) is 4.62. The van der Waals surface area contributed by atoms with E-state index in [1.165, 1.54) is 0 Å². The minimum atomic E-state index is 0.00568. The molecule has 118 valence electrons. The largest absolute Gasteiger partial charge is 0.353 e. The Morgan fingerprint density at radius 3 is 2.73 bits per heavy atom. The number of pyridine rings is 1. The average molecular weight is 320 g/mol. The average Bonchev–Trinajstić information content (AvgIpc) is 2.43. The highest BCUT2D eigenvalue weighted by molar-refractivity contribution is 6.32. The zero-order valence-corrected chi connectivity index (χ0v) is 14.2. The number of aromatic nitrogens is 1. The van der Waals surface area contributed by atoms with Gasteiger partial charge in [-0.05, 0) is 39.4 Å². The van der Waals surface area contributed by atoms with Gasteiger partial charge in [-0.25, -0.2) is 4.98 Å². The summed E-state index contributed by atoms with van der Waals surface area (Å²) < 4.78 is 0. The van der Waals surface area contributed by atoms with Crippen molar-refractivity contribution in [2.75, 3.05) is 13.6 Å². The summed E-state index contributed by atoms with van der Waals surface area (Å²) in [5.41, 5.74) is 2.76. The van der Waals surface area contributed by atoms with Crippen LogP contribution in [0.3, 0.4) is 0 Å². The first-order valence-electron chi connectivity index (χ1n) is 7.40. The minimum absolute atomic E-state index is 0.00568. The van der Waals surface area contributed by atoms with Crippen molar-refractivity contribution in [3.8, 4) is 0 Å². The van der Waals surface area contributed by atoms with Gasteiger partial charge in [-0.3, -0.25) is 9.69 Å². The van der Waals surface area contributed by atoms with Crippen LogP contribution in [0.5, 0.6) is 0 Å². The summed E-state index contributed by atoms with van der Waals surface area (Å²) in [4.78, 5) is 18.4. The fraction of sp³-hybridized carbons (Fsp3) is 0.412. The monoisotopic (exact) mass is 319 g/mol. The third-order valence-electron chi connectivity index (χ3n) is 3.43. The molecule has 1 heterocycles. The molecule has 0 aliphatic heterocycles. The number of likely N-dealkylation sites (N-methyl/N-ethyl adjacent to an activating group) is 1. The number of hydrogen-bond acceptors (Lipinski definition) is 3. The second-order valence-electron chi connectivity index (χ2n) is 5.91. The van der Waals surface area contributed by atoms with Gasteiger partial charge >= 0.3 is 0 Å². The van der Waals surface area contributed by atoms with Crippen LogP contribution in [0.4, 0.5) is 0 Å². The fourth-order valence-corrected chi connectivity index (χ4v) is 2.65. The number of hydrogen-bond donors (Lipinski definition) is 1. The summed E-state index contributed by atoms with van der Waals surface area (Å²) in [6, 6.07) is 8.09. The van der Waals surface area contributed by atoms with Gasteiger partial charge in [0.25, 0.3) is 0 Å². The molecule has 1 N–H and O–H groups in total. The van der Waals surface area contributed by atoms with Crippen molar-refractivity contribution >= 4 is 28.4 Å². The molecule has 1 aromatic carbocycles. The van der Waals surface area contributed by atoms with E-state index < -0.39 is 0 Å². The molecule has 0 bridgehead atoms. The maximum absolute atomic E-state index is 11.8. The second kappa shape index (κ2) is 7.07. The van der Waals surface area contributed by atoms with Crippen LogP contribution in [0.15, 0.2) is 24.3 Å². The Bertz CT molecular complexity index is 685. The molecule has 1 aromatic heterocycles. The van der Waals surface area contributed by atoms with E-state index in [1.54, 1.807) is 0 Å². The topological polar surface area (TPSA) is 45.2 Å². The molecule has 22 heavy (non-hydrogen) atoms. The van der Waals surface area contributed by atoms with Crippen molar-refractivity contribution in [1.29, 1.82) is 0 Å². The van der Waals surface area contributed by atoms with Gasteiger partial charge in [0.15, 0.2) is 0 Å². The fourth-order valence-electron chi connectivity index (χ4n) is 2.45. The second-order valence-corrected chi connectivity index (χ2v) is 6.29. The molecule has 0 fully saturated rings. The first-order valence-corrected chi connectivity index (χ1v) is 7.78. The van der Waals surface area contributed by atoms with Crippen LogP contribution in [-0.2, 0) is 11.3 Å². The zero-order chi connectivity index (χ0) is 16.3. The van der Waals surface area contributed by atoms with Gasteiger partial charge in [-0.15, -0.1) is 0 Å². The molecule has 2 rings (SSSR count). The number of benzene rings is 1. The van der Waals surface area contributed by atoms with E-state index in [0.29, 0.717) is 18.1 Å². The van der Waals surface area contributed by atoms with Gasteiger partial charge in [-0.1, -0.05) is 29.8 Å². The number of nitrogens with zero attached hydrogens (tertiary/aromatic N) is 2. The van der Waals surface area contributed by atoms with Gasteiger partial charge < -0.3 is 5.32 Å². The van der Waals surface area contributed by atoms with E-state index in [4.69, 9.17) is 11.6 Å². The van der Waals surface area contributed by atoms with E-state index in [2.05, 4.69) is 10.3 Å². The lowest BCUT2D eigenvalue weighted by molar-refractivity contribution is -0.122. The predicted molar refractivity (Wildman–Crippen MR) is 91.1 cm³/mol. The molecule has 1 amide bonds. The third kappa shape index (κ3) is 3.96. The van der Waals surface area contributed by atoms with Crippen molar-refractivity contribution in [3.63, 3.8) is 0 Å². The standard InChI is InChI=1S/C17H22ClN3O/c1-11(2)19-16(22)10-21(4)9-15-17(18)12(3)13-7-5-6-8-14(13)20-15/h5-8,11H,9-10H2,1-4H3,(H,19,22). The van der Waals surface area contributed by atoms with E-state index in [-0.39, 0.29) is 11.9 Å². The smallest absolute Gasteiger partial charge is 0.234 e. The zero-order valence-electron chi connectivity index (χ0n) is 13.5. The van der Waals surface area contributed by atoms with Gasteiger partial charge in [0.1, 0.15) is 0 Å². The summed E-state index contributed by atoms with van der Waals surface area (Å²) in [6.07, 6.45) is 0. The van der Waals surface area contributed by atoms with Crippen LogP contribution in [0, 0.1) is 6.92 Å². The Labute approximate surface area is 136 Å².